The van der Waals surface area contributed by atoms with Crippen molar-refractivity contribution in [2.45, 2.75) is 38.0 Å². The molecular formula is C26H22F4O2. The third-order valence-electron chi connectivity index (χ3n) is 5.13. The van der Waals surface area contributed by atoms with Crippen LogP contribution in [0.2, 0.25) is 0 Å². The zero-order valence-corrected chi connectivity index (χ0v) is 17.5. The van der Waals surface area contributed by atoms with Crippen molar-refractivity contribution in [1.82, 2.24) is 0 Å². The zero-order valence-electron chi connectivity index (χ0n) is 17.5. The molecule has 2 nitrogen and oxygen atoms in total. The van der Waals surface area contributed by atoms with Gasteiger partial charge in [-0.25, -0.2) is 4.39 Å². The predicted octanol–water partition coefficient (Wildman–Crippen LogP) is 7.43. The fourth-order valence-corrected chi connectivity index (χ4v) is 3.38. The van der Waals surface area contributed by atoms with E-state index in [1.807, 2.05) is 6.07 Å². The van der Waals surface area contributed by atoms with Crippen molar-refractivity contribution < 1.29 is 27.0 Å². The molecule has 3 rings (SSSR count). The first kappa shape index (κ1) is 23.2. The number of alkyl halides is 3. The maximum absolute atomic E-state index is 14.2. The van der Waals surface area contributed by atoms with E-state index in [9.17, 15) is 17.6 Å². The van der Waals surface area contributed by atoms with Crippen LogP contribution in [0.25, 0.3) is 0 Å². The molecule has 32 heavy (non-hydrogen) atoms. The SMILES string of the molecule is C#CC(C)(CCCc1ccc(F)c(Oc2ccccc2)c1)c1cccc(OC(F)(F)F)c1. The van der Waals surface area contributed by atoms with Gasteiger partial charge in [0, 0.05) is 0 Å². The van der Waals surface area contributed by atoms with Gasteiger partial charge in [-0.05, 0) is 73.7 Å². The molecule has 0 aromatic heterocycles. The van der Waals surface area contributed by atoms with E-state index in [1.165, 1.54) is 24.3 Å². The fraction of sp³-hybridized carbons (Fsp3) is 0.231. The Bertz CT molecular complexity index is 1090. The van der Waals surface area contributed by atoms with Crippen molar-refractivity contribution in [2.24, 2.45) is 0 Å². The van der Waals surface area contributed by atoms with Crippen LogP contribution in [0.1, 0.15) is 30.9 Å². The topological polar surface area (TPSA) is 18.5 Å². The number of hydrogen-bond acceptors (Lipinski definition) is 2. The second-order valence-corrected chi connectivity index (χ2v) is 7.59. The maximum atomic E-state index is 14.2. The van der Waals surface area contributed by atoms with E-state index in [0.717, 1.165) is 5.56 Å². The van der Waals surface area contributed by atoms with Gasteiger partial charge in [-0.1, -0.05) is 42.3 Å². The molecule has 6 heteroatoms. The van der Waals surface area contributed by atoms with E-state index in [4.69, 9.17) is 11.2 Å². The lowest BCUT2D eigenvalue weighted by Crippen LogP contribution is -2.21. The number of terminal acetylenes is 1. The number of halogens is 4. The molecule has 0 heterocycles. The minimum atomic E-state index is -4.77. The largest absolute Gasteiger partial charge is 0.573 e. The van der Waals surface area contributed by atoms with Gasteiger partial charge in [-0.3, -0.25) is 0 Å². The van der Waals surface area contributed by atoms with Gasteiger partial charge < -0.3 is 9.47 Å². The van der Waals surface area contributed by atoms with Gasteiger partial charge in [-0.15, -0.1) is 19.6 Å². The fourth-order valence-electron chi connectivity index (χ4n) is 3.38. The molecule has 0 radical (unpaired) electrons. The lowest BCUT2D eigenvalue weighted by Gasteiger charge is -2.25. The molecular weight excluding hydrogens is 420 g/mol. The minimum absolute atomic E-state index is 0.130. The standard InChI is InChI=1S/C26H22F4O2/c1-3-25(2,20-10-7-13-22(18-20)32-26(28,29)30)16-8-9-19-14-15-23(27)24(17-19)31-21-11-5-4-6-12-21/h1,4-7,10-15,17-18H,8-9,16H2,2H3. The summed E-state index contributed by atoms with van der Waals surface area (Å²) in [4.78, 5) is 0. The first-order chi connectivity index (χ1) is 15.2. The molecule has 1 atom stereocenters. The highest BCUT2D eigenvalue weighted by Crippen LogP contribution is 2.33. The maximum Gasteiger partial charge on any atom is 0.573 e. The Hall–Kier alpha value is -3.46. The summed E-state index contributed by atoms with van der Waals surface area (Å²) < 4.78 is 61.4. The number of hydrogen-bond donors (Lipinski definition) is 0. The molecule has 0 saturated heterocycles. The zero-order chi connectivity index (χ0) is 23.2. The van der Waals surface area contributed by atoms with Crippen molar-refractivity contribution in [3.05, 3.63) is 89.7 Å². The molecule has 3 aromatic rings. The normalized spacial score (nSPS) is 13.1. The Morgan fingerprint density at radius 3 is 2.31 bits per heavy atom. The van der Waals surface area contributed by atoms with Gasteiger partial charge in [0.05, 0.1) is 5.41 Å². The molecule has 166 valence electrons. The van der Waals surface area contributed by atoms with Gasteiger partial charge >= 0.3 is 6.36 Å². The second kappa shape index (κ2) is 9.78. The lowest BCUT2D eigenvalue weighted by atomic mass is 9.78. The summed E-state index contributed by atoms with van der Waals surface area (Å²) in [6, 6.07) is 19.3. The number of benzene rings is 3. The molecule has 0 amide bonds. The van der Waals surface area contributed by atoms with Gasteiger partial charge in [0.15, 0.2) is 11.6 Å². The van der Waals surface area contributed by atoms with E-state index in [-0.39, 0.29) is 11.5 Å². The Morgan fingerprint density at radius 1 is 0.906 bits per heavy atom. The highest BCUT2D eigenvalue weighted by Gasteiger charge is 2.32. The molecule has 3 aromatic carbocycles. The van der Waals surface area contributed by atoms with Crippen molar-refractivity contribution in [3.8, 4) is 29.6 Å². The van der Waals surface area contributed by atoms with Crippen molar-refractivity contribution in [1.29, 1.82) is 0 Å². The van der Waals surface area contributed by atoms with Crippen LogP contribution in [0.4, 0.5) is 17.6 Å². The van der Waals surface area contributed by atoms with Crippen molar-refractivity contribution in [3.63, 3.8) is 0 Å². The molecule has 0 aliphatic carbocycles. The van der Waals surface area contributed by atoms with Crippen LogP contribution >= 0.6 is 0 Å². The highest BCUT2D eigenvalue weighted by atomic mass is 19.4. The molecule has 0 aliphatic heterocycles. The predicted molar refractivity (Wildman–Crippen MR) is 115 cm³/mol. The lowest BCUT2D eigenvalue weighted by molar-refractivity contribution is -0.274. The summed E-state index contributed by atoms with van der Waals surface area (Å²) in [5.74, 6) is 2.59. The Morgan fingerprint density at radius 2 is 1.62 bits per heavy atom. The summed E-state index contributed by atoms with van der Waals surface area (Å²) in [5.41, 5.74) is 0.647. The van der Waals surface area contributed by atoms with Crippen molar-refractivity contribution in [2.75, 3.05) is 0 Å². The number of aryl methyl sites for hydroxylation is 1. The summed E-state index contributed by atoms with van der Waals surface area (Å²) in [6.07, 6.45) is 2.73. The average molecular weight is 442 g/mol. The molecule has 0 aliphatic rings. The quantitative estimate of drug-likeness (QED) is 0.267. The molecule has 0 N–H and O–H groups in total. The molecule has 0 saturated carbocycles. The monoisotopic (exact) mass is 442 g/mol. The van der Waals surface area contributed by atoms with Crippen LogP contribution in [0.5, 0.6) is 17.2 Å². The van der Waals surface area contributed by atoms with E-state index in [0.29, 0.717) is 30.6 Å². The third kappa shape index (κ3) is 6.27. The van der Waals surface area contributed by atoms with E-state index in [2.05, 4.69) is 10.7 Å². The summed E-state index contributed by atoms with van der Waals surface area (Å²) in [7, 11) is 0. The Balaban J connectivity index is 1.68. The third-order valence-corrected chi connectivity index (χ3v) is 5.13. The highest BCUT2D eigenvalue weighted by molar-refractivity contribution is 5.39. The van der Waals surface area contributed by atoms with Crippen LogP contribution in [0.3, 0.4) is 0 Å². The van der Waals surface area contributed by atoms with Crippen LogP contribution in [0.15, 0.2) is 72.8 Å². The molecule has 0 fully saturated rings. The van der Waals surface area contributed by atoms with Crippen LogP contribution in [-0.4, -0.2) is 6.36 Å². The Labute approximate surface area is 184 Å². The number of para-hydroxylation sites is 1. The van der Waals surface area contributed by atoms with Crippen LogP contribution in [0, 0.1) is 18.2 Å². The van der Waals surface area contributed by atoms with Crippen LogP contribution in [-0.2, 0) is 11.8 Å². The van der Waals surface area contributed by atoms with Gasteiger partial charge in [-0.2, -0.15) is 0 Å². The summed E-state index contributed by atoms with van der Waals surface area (Å²) in [5, 5.41) is 0. The van der Waals surface area contributed by atoms with E-state index >= 15 is 0 Å². The number of rotatable bonds is 8. The minimum Gasteiger partial charge on any atom is -0.454 e. The van der Waals surface area contributed by atoms with E-state index < -0.39 is 17.6 Å². The van der Waals surface area contributed by atoms with Gasteiger partial charge in [0.2, 0.25) is 0 Å². The summed E-state index contributed by atoms with van der Waals surface area (Å²) in [6.45, 7) is 1.80. The second-order valence-electron chi connectivity index (χ2n) is 7.59. The molecule has 1 unspecified atom stereocenters. The van der Waals surface area contributed by atoms with Gasteiger partial charge in [0.25, 0.3) is 0 Å². The summed E-state index contributed by atoms with van der Waals surface area (Å²) >= 11 is 0. The van der Waals surface area contributed by atoms with Crippen molar-refractivity contribution >= 4 is 0 Å². The average Bonchev–Trinajstić information content (AvgIpc) is 2.75. The molecule has 0 spiro atoms. The van der Waals surface area contributed by atoms with Crippen LogP contribution < -0.4 is 9.47 Å². The molecule has 0 bridgehead atoms. The van der Waals surface area contributed by atoms with E-state index in [1.54, 1.807) is 49.4 Å². The van der Waals surface area contributed by atoms with Gasteiger partial charge in [0.1, 0.15) is 11.5 Å². The first-order valence-electron chi connectivity index (χ1n) is 10.0. The Kier molecular flexibility index (Phi) is 7.09. The number of ether oxygens (including phenoxy) is 2. The first-order valence-corrected chi connectivity index (χ1v) is 10.0. The smallest absolute Gasteiger partial charge is 0.454 e.